The lowest BCUT2D eigenvalue weighted by molar-refractivity contribution is -0.137. The van der Waals surface area contributed by atoms with E-state index in [-0.39, 0.29) is 35.9 Å². The number of fused-ring (bicyclic) bond motifs is 5. The Morgan fingerprint density at radius 1 is 1.10 bits per heavy atom. The topological polar surface area (TPSA) is 88.3 Å². The normalized spacial score (nSPS) is 18.8. The number of halogens is 1. The van der Waals surface area contributed by atoms with Gasteiger partial charge in [-0.05, 0) is 86.1 Å². The number of hydrogen-bond acceptors (Lipinski definition) is 4. The molecule has 7 nitrogen and oxygen atoms in total. The van der Waals surface area contributed by atoms with E-state index in [0.717, 1.165) is 51.7 Å². The highest BCUT2D eigenvalue weighted by Gasteiger charge is 2.43. The molecule has 1 amide bonds. The molecule has 0 spiro atoms. The van der Waals surface area contributed by atoms with Crippen molar-refractivity contribution < 1.29 is 19.1 Å². The van der Waals surface area contributed by atoms with Crippen molar-refractivity contribution in [1.29, 1.82) is 0 Å². The van der Waals surface area contributed by atoms with Crippen LogP contribution in [0.4, 0.5) is 4.39 Å². The van der Waals surface area contributed by atoms with Crippen LogP contribution in [-0.2, 0) is 17.8 Å². The van der Waals surface area contributed by atoms with E-state index < -0.39 is 11.8 Å². The first-order valence-electron chi connectivity index (χ1n) is 13.5. The molecule has 1 aromatic heterocycles. The molecule has 4 aromatic rings. The summed E-state index contributed by atoms with van der Waals surface area (Å²) in [6.45, 7) is 6.53. The third kappa shape index (κ3) is 4.18. The summed E-state index contributed by atoms with van der Waals surface area (Å²) in [6.07, 6.45) is 2.29. The molecular weight excluding hydrogens is 495 g/mol. The van der Waals surface area contributed by atoms with Crippen LogP contribution in [0.15, 0.2) is 48.5 Å². The van der Waals surface area contributed by atoms with Crippen molar-refractivity contribution in [2.24, 2.45) is 0 Å². The number of carboxylic acid groups (broad SMARTS) is 1. The number of aryl methyl sites for hydroxylation is 3. The molecule has 2 aliphatic rings. The molecular formula is C31H31FN4O3. The van der Waals surface area contributed by atoms with Crippen LogP contribution < -0.4 is 0 Å². The fourth-order valence-electron chi connectivity index (χ4n) is 6.59. The second-order valence-corrected chi connectivity index (χ2v) is 10.8. The molecule has 1 fully saturated rings. The molecule has 0 radical (unpaired) electrons. The van der Waals surface area contributed by atoms with Crippen LogP contribution in [0, 0.1) is 19.7 Å². The fourth-order valence-corrected chi connectivity index (χ4v) is 6.59. The van der Waals surface area contributed by atoms with E-state index in [0.29, 0.717) is 13.0 Å². The molecule has 1 unspecified atom stereocenters. The highest BCUT2D eigenvalue weighted by molar-refractivity contribution is 5.95. The van der Waals surface area contributed by atoms with Crippen molar-refractivity contribution in [2.75, 3.05) is 0 Å². The molecule has 2 bridgehead atoms. The Morgan fingerprint density at radius 2 is 1.92 bits per heavy atom. The van der Waals surface area contributed by atoms with E-state index in [4.69, 9.17) is 0 Å². The fraction of sp³-hybridized carbons (Fsp3) is 0.355. The van der Waals surface area contributed by atoms with Gasteiger partial charge in [0.2, 0.25) is 0 Å². The lowest BCUT2D eigenvalue weighted by Crippen LogP contribution is -2.42. The number of aliphatic carboxylic acids is 1. The lowest BCUT2D eigenvalue weighted by Gasteiger charge is -2.37. The van der Waals surface area contributed by atoms with Crippen molar-refractivity contribution in [2.45, 2.75) is 71.0 Å². The first-order chi connectivity index (χ1) is 18.8. The first kappa shape index (κ1) is 25.2. The van der Waals surface area contributed by atoms with Gasteiger partial charge in [0.1, 0.15) is 11.3 Å². The zero-order valence-electron chi connectivity index (χ0n) is 22.3. The lowest BCUT2D eigenvalue weighted by atomic mass is 9.82. The Kier molecular flexibility index (Phi) is 6.20. The molecule has 0 aliphatic carbocycles. The SMILES string of the molecule is CCn1nnc2c(C)c(C(CC(=O)O)c3ccc4c(c3)[C@H]3CC[C@@H](C4)N3C(=O)c3cc(C)ccc3F)ccc21. The average Bonchev–Trinajstić information content (AvgIpc) is 3.49. The van der Waals surface area contributed by atoms with E-state index in [1.54, 1.807) is 12.1 Å². The van der Waals surface area contributed by atoms with E-state index in [1.807, 2.05) is 48.6 Å². The first-order valence-corrected chi connectivity index (χ1v) is 13.5. The Hall–Kier alpha value is -4.07. The van der Waals surface area contributed by atoms with Crippen LogP contribution in [0.25, 0.3) is 11.0 Å². The zero-order chi connectivity index (χ0) is 27.4. The van der Waals surface area contributed by atoms with Crippen LogP contribution >= 0.6 is 0 Å². The molecule has 3 heterocycles. The summed E-state index contributed by atoms with van der Waals surface area (Å²) in [4.78, 5) is 27.5. The predicted octanol–water partition coefficient (Wildman–Crippen LogP) is 5.72. The van der Waals surface area contributed by atoms with Gasteiger partial charge in [0.05, 0.1) is 23.5 Å². The molecule has 39 heavy (non-hydrogen) atoms. The monoisotopic (exact) mass is 526 g/mol. The maximum Gasteiger partial charge on any atom is 0.304 e. The average molecular weight is 527 g/mol. The third-order valence-electron chi connectivity index (χ3n) is 8.51. The van der Waals surface area contributed by atoms with Crippen LogP contribution in [0.1, 0.15) is 81.9 Å². The number of rotatable bonds is 6. The van der Waals surface area contributed by atoms with Crippen LogP contribution in [0.3, 0.4) is 0 Å². The second-order valence-electron chi connectivity index (χ2n) is 10.8. The van der Waals surface area contributed by atoms with Gasteiger partial charge >= 0.3 is 5.97 Å². The second kappa shape index (κ2) is 9.59. The molecule has 3 atom stereocenters. The van der Waals surface area contributed by atoms with Gasteiger partial charge < -0.3 is 10.0 Å². The molecule has 3 aromatic carbocycles. The van der Waals surface area contributed by atoms with Gasteiger partial charge in [0.25, 0.3) is 5.91 Å². The minimum Gasteiger partial charge on any atom is -0.481 e. The summed E-state index contributed by atoms with van der Waals surface area (Å²) in [5, 5.41) is 18.5. The van der Waals surface area contributed by atoms with Gasteiger partial charge in [-0.1, -0.05) is 41.1 Å². The largest absolute Gasteiger partial charge is 0.481 e. The highest BCUT2D eigenvalue weighted by atomic mass is 19.1. The number of hydrogen-bond donors (Lipinski definition) is 1. The van der Waals surface area contributed by atoms with Crippen LogP contribution in [0.2, 0.25) is 0 Å². The smallest absolute Gasteiger partial charge is 0.304 e. The Morgan fingerprint density at radius 3 is 2.69 bits per heavy atom. The van der Waals surface area contributed by atoms with Crippen molar-refractivity contribution in [3.8, 4) is 0 Å². The van der Waals surface area contributed by atoms with Gasteiger partial charge in [-0.2, -0.15) is 0 Å². The summed E-state index contributed by atoms with van der Waals surface area (Å²) in [7, 11) is 0. The summed E-state index contributed by atoms with van der Waals surface area (Å²) in [5.74, 6) is -2.05. The van der Waals surface area contributed by atoms with Crippen LogP contribution in [-0.4, -0.2) is 42.9 Å². The van der Waals surface area contributed by atoms with Gasteiger partial charge in [0, 0.05) is 18.5 Å². The number of amides is 1. The van der Waals surface area contributed by atoms with E-state index in [1.165, 1.54) is 11.6 Å². The summed E-state index contributed by atoms with van der Waals surface area (Å²) in [6, 6.07) is 14.7. The molecule has 1 N–H and O–H groups in total. The Labute approximate surface area is 226 Å². The number of aromatic nitrogens is 3. The zero-order valence-corrected chi connectivity index (χ0v) is 22.3. The maximum absolute atomic E-state index is 14.7. The summed E-state index contributed by atoms with van der Waals surface area (Å²) < 4.78 is 16.5. The van der Waals surface area contributed by atoms with Crippen LogP contribution in [0.5, 0.6) is 0 Å². The number of carbonyl (C=O) groups is 2. The molecule has 2 aliphatic heterocycles. The van der Waals surface area contributed by atoms with E-state index in [2.05, 4.69) is 22.4 Å². The minimum atomic E-state index is -0.887. The molecule has 8 heteroatoms. The Balaban J connectivity index is 1.41. The maximum atomic E-state index is 14.7. The molecule has 200 valence electrons. The standard InChI is InChI=1S/C31H31FN4O3/c1-4-35-28-12-9-22(18(3)30(28)33-34-35)23(16-29(37)38)20-7-6-19-14-21-8-11-27(24(19)15-20)36(21)31(39)25-13-17(2)5-10-26(25)32/h5-7,9-10,12-13,15,21,23,27H,4,8,11,14,16H2,1-3H3,(H,37,38)/t21-,23?,27+/m0/s1. The highest BCUT2D eigenvalue weighted by Crippen LogP contribution is 2.46. The van der Waals surface area contributed by atoms with Gasteiger partial charge in [-0.15, -0.1) is 5.10 Å². The van der Waals surface area contributed by atoms with Crippen molar-refractivity contribution in [3.05, 3.63) is 93.3 Å². The molecule has 1 saturated heterocycles. The van der Waals surface area contributed by atoms with Gasteiger partial charge in [0.15, 0.2) is 0 Å². The Bertz CT molecular complexity index is 1630. The van der Waals surface area contributed by atoms with Gasteiger partial charge in [-0.25, -0.2) is 9.07 Å². The van der Waals surface area contributed by atoms with Crippen molar-refractivity contribution in [1.82, 2.24) is 19.9 Å². The predicted molar refractivity (Wildman–Crippen MR) is 145 cm³/mol. The van der Waals surface area contributed by atoms with E-state index >= 15 is 0 Å². The van der Waals surface area contributed by atoms with Gasteiger partial charge in [-0.3, -0.25) is 9.59 Å². The number of carboxylic acids is 1. The number of carbonyl (C=O) groups excluding carboxylic acids is 1. The minimum absolute atomic E-state index is 0.0291. The van der Waals surface area contributed by atoms with Crippen molar-refractivity contribution >= 4 is 22.9 Å². The summed E-state index contributed by atoms with van der Waals surface area (Å²) >= 11 is 0. The quantitative estimate of drug-likeness (QED) is 0.347. The summed E-state index contributed by atoms with van der Waals surface area (Å²) in [5.41, 5.74) is 7.58. The third-order valence-corrected chi connectivity index (χ3v) is 8.51. The number of benzene rings is 3. The van der Waals surface area contributed by atoms with Crippen molar-refractivity contribution in [3.63, 3.8) is 0 Å². The van der Waals surface area contributed by atoms with E-state index in [9.17, 15) is 19.1 Å². The molecule has 6 rings (SSSR count). The number of nitrogens with zero attached hydrogens (tertiary/aromatic N) is 4. The molecule has 0 saturated carbocycles.